The highest BCUT2D eigenvalue weighted by atomic mass is 16.5. The molecular formula is C56H50N10O3. The van der Waals surface area contributed by atoms with Crippen LogP contribution >= 0.6 is 0 Å². The summed E-state index contributed by atoms with van der Waals surface area (Å²) in [6.07, 6.45) is 8.03. The molecule has 2 aliphatic carbocycles. The Bertz CT molecular complexity index is 3520. The number of aryl methyl sites for hydroxylation is 1. The third-order valence-electron chi connectivity index (χ3n) is 12.5. The van der Waals surface area contributed by atoms with Gasteiger partial charge in [-0.05, 0) is 92.8 Å². The molecule has 13 nitrogen and oxygen atoms in total. The first-order valence-corrected chi connectivity index (χ1v) is 23.4. The number of nitrogens with one attached hydrogen (secondary N) is 4. The molecule has 4 aromatic heterocycles. The van der Waals surface area contributed by atoms with Crippen LogP contribution in [0.1, 0.15) is 63.1 Å². The maximum atomic E-state index is 12.4. The summed E-state index contributed by atoms with van der Waals surface area (Å²) < 4.78 is 9.75. The molecule has 2 saturated carbocycles. The number of hydrogen-bond donors (Lipinski definition) is 4. The van der Waals surface area contributed by atoms with Gasteiger partial charge in [-0.2, -0.15) is 0 Å². The lowest BCUT2D eigenvalue weighted by Gasteiger charge is -2.13. The third kappa shape index (κ3) is 9.14. The number of nitrogens with zero attached hydrogens (tertiary/aromatic N) is 6. The van der Waals surface area contributed by atoms with Gasteiger partial charge >= 0.3 is 0 Å². The predicted octanol–water partition coefficient (Wildman–Crippen LogP) is 10.4. The van der Waals surface area contributed by atoms with E-state index in [9.17, 15) is 9.59 Å². The van der Waals surface area contributed by atoms with Gasteiger partial charge in [0.1, 0.15) is 5.75 Å². The first-order chi connectivity index (χ1) is 33.9. The van der Waals surface area contributed by atoms with E-state index in [0.717, 1.165) is 98.7 Å². The molecule has 2 aliphatic rings. The molecule has 342 valence electrons. The highest BCUT2D eigenvalue weighted by Gasteiger charge is 2.25. The molecule has 2 amide bonds. The summed E-state index contributed by atoms with van der Waals surface area (Å²) >= 11 is 0. The number of benzene rings is 6. The van der Waals surface area contributed by atoms with Gasteiger partial charge in [0, 0.05) is 53.0 Å². The van der Waals surface area contributed by atoms with E-state index in [0.29, 0.717) is 42.1 Å². The maximum Gasteiger partial charge on any atom is 0.251 e. The number of aromatic nitrogens is 6. The standard InChI is InChI=1S/C28H25N5O2.C28H25N5O/c1-35-25-9-5-2-6-20(25)16-29-26-27-30-17-24(33(27)23-8-4-3-7-22(23)32-26)18-10-12-19(13-11-18)28(34)31-21-14-15-21;1-18-5-4-6-19(15-18)16-29-26-27-30-17-25(33(27)24-8-3-2-7-23(24)32-26)20-9-11-21(12-10-20)28(34)31-22-13-14-22/h2-13,17,21H,14-16H2,1H3,(H,29,32)(H,31,34);2-12,15,17,22H,13-14,16H2,1H3,(H,29,32)(H,31,34). The van der Waals surface area contributed by atoms with E-state index < -0.39 is 0 Å². The van der Waals surface area contributed by atoms with Gasteiger partial charge in [0.2, 0.25) is 0 Å². The molecule has 13 heteroatoms. The average Bonchev–Trinajstić information content (AvgIpc) is 4.30. The number of carbonyl (C=O) groups is 2. The molecule has 0 unspecified atom stereocenters. The summed E-state index contributed by atoms with van der Waals surface area (Å²) in [6, 6.07) is 48.6. The molecule has 4 heterocycles. The highest BCUT2D eigenvalue weighted by molar-refractivity contribution is 5.96. The third-order valence-corrected chi connectivity index (χ3v) is 12.5. The molecule has 0 radical (unpaired) electrons. The van der Waals surface area contributed by atoms with Crippen molar-refractivity contribution in [2.24, 2.45) is 0 Å². The molecule has 0 aliphatic heterocycles. The number of amides is 2. The van der Waals surface area contributed by atoms with E-state index in [1.807, 2.05) is 128 Å². The van der Waals surface area contributed by atoms with Crippen LogP contribution in [0.5, 0.6) is 5.75 Å². The molecule has 0 saturated heterocycles. The summed E-state index contributed by atoms with van der Waals surface area (Å²) in [5.41, 5.74) is 13.9. The first-order valence-electron chi connectivity index (χ1n) is 23.4. The second-order valence-corrected chi connectivity index (χ2v) is 17.7. The van der Waals surface area contributed by atoms with Gasteiger partial charge in [-0.25, -0.2) is 19.9 Å². The van der Waals surface area contributed by atoms with Crippen LogP contribution in [0.2, 0.25) is 0 Å². The van der Waals surface area contributed by atoms with Crippen LogP contribution in [0, 0.1) is 6.92 Å². The Hall–Kier alpha value is -8.58. The lowest BCUT2D eigenvalue weighted by atomic mass is 10.1. The molecule has 12 rings (SSSR count). The van der Waals surface area contributed by atoms with Gasteiger partial charge in [-0.3, -0.25) is 18.4 Å². The lowest BCUT2D eigenvalue weighted by molar-refractivity contribution is 0.0942. The number of para-hydroxylation sites is 5. The monoisotopic (exact) mass is 910 g/mol. The van der Waals surface area contributed by atoms with Crippen molar-refractivity contribution >= 4 is 56.8 Å². The van der Waals surface area contributed by atoms with Crippen LogP contribution in [0.15, 0.2) is 158 Å². The number of ether oxygens (including phenoxy) is 1. The molecular weight excluding hydrogens is 861 g/mol. The van der Waals surface area contributed by atoms with Gasteiger partial charge < -0.3 is 26.0 Å². The van der Waals surface area contributed by atoms with Crippen molar-refractivity contribution in [1.82, 2.24) is 39.4 Å². The number of hydrogen-bond acceptors (Lipinski definition) is 9. The van der Waals surface area contributed by atoms with E-state index in [-0.39, 0.29) is 11.8 Å². The van der Waals surface area contributed by atoms with Gasteiger partial charge in [0.25, 0.3) is 11.8 Å². The minimum Gasteiger partial charge on any atom is -0.496 e. The van der Waals surface area contributed by atoms with E-state index >= 15 is 0 Å². The van der Waals surface area contributed by atoms with Crippen molar-refractivity contribution in [2.75, 3.05) is 17.7 Å². The molecule has 0 bridgehead atoms. The molecule has 6 aromatic carbocycles. The molecule has 10 aromatic rings. The fraction of sp³-hybridized carbons (Fsp3) is 0.179. The van der Waals surface area contributed by atoms with E-state index in [1.54, 1.807) is 7.11 Å². The number of fused-ring (bicyclic) bond motifs is 6. The second-order valence-electron chi connectivity index (χ2n) is 17.7. The predicted molar refractivity (Wildman–Crippen MR) is 272 cm³/mol. The summed E-state index contributed by atoms with van der Waals surface area (Å²) in [7, 11) is 1.67. The van der Waals surface area contributed by atoms with Crippen molar-refractivity contribution in [3.8, 4) is 28.3 Å². The quantitative estimate of drug-likeness (QED) is 0.0886. The average molecular weight is 911 g/mol. The normalized spacial score (nSPS) is 13.2. The lowest BCUT2D eigenvalue weighted by Crippen LogP contribution is -2.25. The van der Waals surface area contributed by atoms with Gasteiger partial charge in [-0.15, -0.1) is 0 Å². The topological polar surface area (TPSA) is 152 Å². The zero-order valence-electron chi connectivity index (χ0n) is 38.3. The van der Waals surface area contributed by atoms with Crippen molar-refractivity contribution in [3.63, 3.8) is 0 Å². The maximum absolute atomic E-state index is 12.4. The largest absolute Gasteiger partial charge is 0.496 e. The molecule has 4 N–H and O–H groups in total. The van der Waals surface area contributed by atoms with Crippen molar-refractivity contribution < 1.29 is 14.3 Å². The fourth-order valence-electron chi connectivity index (χ4n) is 8.62. The summed E-state index contributed by atoms with van der Waals surface area (Å²) in [4.78, 5) is 44.0. The van der Waals surface area contributed by atoms with Gasteiger partial charge in [0.15, 0.2) is 22.9 Å². The van der Waals surface area contributed by atoms with Crippen LogP contribution in [0.3, 0.4) is 0 Å². The Morgan fingerprint density at radius 2 is 1.07 bits per heavy atom. The highest BCUT2D eigenvalue weighted by Crippen LogP contribution is 2.32. The van der Waals surface area contributed by atoms with Crippen LogP contribution in [0.4, 0.5) is 11.6 Å². The van der Waals surface area contributed by atoms with E-state index in [4.69, 9.17) is 24.7 Å². The Morgan fingerprint density at radius 3 is 1.58 bits per heavy atom. The van der Waals surface area contributed by atoms with Crippen LogP contribution < -0.4 is 26.0 Å². The minimum absolute atomic E-state index is 0.00974. The minimum atomic E-state index is -0.0188. The summed E-state index contributed by atoms with van der Waals surface area (Å²) in [6.45, 7) is 3.31. The fourth-order valence-corrected chi connectivity index (χ4v) is 8.62. The Balaban J connectivity index is 0.000000151. The molecule has 0 spiro atoms. The zero-order chi connectivity index (χ0) is 46.8. The number of methoxy groups -OCH3 is 1. The number of anilines is 2. The van der Waals surface area contributed by atoms with Crippen LogP contribution in [-0.4, -0.2) is 59.7 Å². The SMILES string of the molecule is COc1ccccc1CNc1nc2ccccc2n2c(-c3ccc(C(=O)NC4CC4)cc3)cnc12.Cc1cccc(CNc2nc3ccccc3n3c(-c4ccc(C(=O)NC5CC5)cc4)cnc23)c1. The van der Waals surface area contributed by atoms with Crippen molar-refractivity contribution in [1.29, 1.82) is 0 Å². The van der Waals surface area contributed by atoms with Gasteiger partial charge in [-0.1, -0.05) is 96.6 Å². The zero-order valence-corrected chi connectivity index (χ0v) is 38.3. The van der Waals surface area contributed by atoms with Gasteiger partial charge in [0.05, 0.1) is 53.0 Å². The summed E-state index contributed by atoms with van der Waals surface area (Å²) in [5, 5.41) is 13.0. The Labute approximate surface area is 398 Å². The van der Waals surface area contributed by atoms with E-state index in [1.165, 1.54) is 11.1 Å². The number of imidazole rings is 2. The molecule has 69 heavy (non-hydrogen) atoms. The van der Waals surface area contributed by atoms with E-state index in [2.05, 4.69) is 67.3 Å². The number of carbonyl (C=O) groups excluding carboxylic acids is 2. The molecule has 2 fully saturated rings. The second kappa shape index (κ2) is 18.6. The first kappa shape index (κ1) is 43.0. The Kier molecular flexibility index (Phi) is 11.6. The number of rotatable bonds is 13. The van der Waals surface area contributed by atoms with Crippen molar-refractivity contribution in [2.45, 2.75) is 57.8 Å². The summed E-state index contributed by atoms with van der Waals surface area (Å²) in [5.74, 6) is 2.24. The van der Waals surface area contributed by atoms with Crippen LogP contribution in [0.25, 0.3) is 55.9 Å². The Morgan fingerprint density at radius 1 is 0.580 bits per heavy atom. The van der Waals surface area contributed by atoms with Crippen LogP contribution in [-0.2, 0) is 13.1 Å². The van der Waals surface area contributed by atoms with Crippen molar-refractivity contribution in [3.05, 3.63) is 186 Å². The molecule has 0 atom stereocenters. The smallest absolute Gasteiger partial charge is 0.251 e.